The number of amides is 4. The summed E-state index contributed by atoms with van der Waals surface area (Å²) in [6.07, 6.45) is 7.92. The average Bonchev–Trinajstić information content (AvgIpc) is 3.10. The maximum Gasteiger partial charge on any atom is 0.350 e. The second-order valence-corrected chi connectivity index (χ2v) is 7.13. The number of fused-ring (bicyclic) bond motifs is 1. The minimum Gasteiger partial charge on any atom is -0.376 e. The van der Waals surface area contributed by atoms with Crippen molar-refractivity contribution in [1.82, 2.24) is 10.2 Å². The first-order chi connectivity index (χ1) is 12.0. The molecule has 2 unspecified atom stereocenters. The highest BCUT2D eigenvalue weighted by molar-refractivity contribution is 9.11. The van der Waals surface area contributed by atoms with Crippen LogP contribution in [-0.4, -0.2) is 54.3 Å². The van der Waals surface area contributed by atoms with Gasteiger partial charge in [-0.05, 0) is 31.4 Å². The number of urea groups is 1. The van der Waals surface area contributed by atoms with E-state index in [0.717, 1.165) is 28.8 Å². The lowest BCUT2D eigenvalue weighted by atomic mass is 9.95. The van der Waals surface area contributed by atoms with Crippen molar-refractivity contribution in [3.63, 3.8) is 0 Å². The number of nitrogens with one attached hydrogen (secondary N) is 1. The predicted molar refractivity (Wildman–Crippen MR) is 95.4 cm³/mol. The fourth-order valence-corrected chi connectivity index (χ4v) is 3.43. The molecule has 7 nitrogen and oxygen atoms in total. The van der Waals surface area contributed by atoms with Crippen molar-refractivity contribution < 1.29 is 19.1 Å². The minimum atomic E-state index is -0.563. The second-order valence-electron chi connectivity index (χ2n) is 6.21. The molecule has 3 rings (SSSR count). The van der Waals surface area contributed by atoms with Crippen LogP contribution in [0.25, 0.3) is 0 Å². The van der Waals surface area contributed by atoms with E-state index in [1.54, 1.807) is 18.2 Å². The molecular formula is C17H20BrN3O4. The smallest absolute Gasteiger partial charge is 0.350 e. The van der Waals surface area contributed by atoms with Gasteiger partial charge in [0.1, 0.15) is 5.92 Å². The van der Waals surface area contributed by atoms with Gasteiger partial charge >= 0.3 is 6.03 Å². The molecule has 2 aliphatic heterocycles. The summed E-state index contributed by atoms with van der Waals surface area (Å²) in [5, 5.41) is 2.83. The van der Waals surface area contributed by atoms with E-state index in [2.05, 4.69) is 26.2 Å². The summed E-state index contributed by atoms with van der Waals surface area (Å²) >= 11 is 3.33. The number of halogens is 1. The van der Waals surface area contributed by atoms with Crippen molar-refractivity contribution >= 4 is 39.5 Å². The van der Waals surface area contributed by atoms with Crippen LogP contribution in [0.15, 0.2) is 27.7 Å². The zero-order valence-electron chi connectivity index (χ0n) is 13.7. The van der Waals surface area contributed by atoms with Gasteiger partial charge in [-0.1, -0.05) is 22.0 Å². The van der Waals surface area contributed by atoms with Crippen LogP contribution in [0.5, 0.6) is 0 Å². The predicted octanol–water partition coefficient (Wildman–Crippen LogP) is 1.93. The van der Waals surface area contributed by atoms with Gasteiger partial charge in [0.15, 0.2) is 0 Å². The zero-order valence-corrected chi connectivity index (χ0v) is 15.3. The first-order valence-corrected chi connectivity index (χ1v) is 9.21. The summed E-state index contributed by atoms with van der Waals surface area (Å²) in [7, 11) is 0. The van der Waals surface area contributed by atoms with Gasteiger partial charge in [-0.2, -0.15) is 4.99 Å². The van der Waals surface area contributed by atoms with Crippen molar-refractivity contribution in [2.45, 2.75) is 31.8 Å². The number of rotatable bonds is 6. The Hall–Kier alpha value is -1.80. The molecule has 1 N–H and O–H groups in total. The lowest BCUT2D eigenvalue weighted by Crippen LogP contribution is -2.46. The Morgan fingerprint density at radius 2 is 2.24 bits per heavy atom. The van der Waals surface area contributed by atoms with E-state index in [4.69, 9.17) is 4.74 Å². The fraction of sp³-hybridized carbons (Fsp3) is 0.529. The van der Waals surface area contributed by atoms with Crippen molar-refractivity contribution in [1.29, 1.82) is 0 Å². The molecule has 1 fully saturated rings. The lowest BCUT2D eigenvalue weighted by molar-refractivity contribution is -0.130. The maximum atomic E-state index is 12.5. The van der Waals surface area contributed by atoms with E-state index in [-0.39, 0.29) is 30.9 Å². The highest BCUT2D eigenvalue weighted by Crippen LogP contribution is 2.25. The minimum absolute atomic E-state index is 0.0974. The Morgan fingerprint density at radius 3 is 3.00 bits per heavy atom. The van der Waals surface area contributed by atoms with Gasteiger partial charge in [-0.15, -0.1) is 0 Å². The van der Waals surface area contributed by atoms with E-state index < -0.39 is 11.9 Å². The Morgan fingerprint density at radius 1 is 1.40 bits per heavy atom. The van der Waals surface area contributed by atoms with Gasteiger partial charge in [0.25, 0.3) is 0 Å². The van der Waals surface area contributed by atoms with Crippen LogP contribution in [-0.2, 0) is 14.3 Å². The van der Waals surface area contributed by atoms with Crippen LogP contribution >= 0.6 is 15.9 Å². The first kappa shape index (κ1) is 18.0. The van der Waals surface area contributed by atoms with Crippen LogP contribution in [0, 0.1) is 5.92 Å². The van der Waals surface area contributed by atoms with E-state index in [0.29, 0.717) is 18.7 Å². The van der Waals surface area contributed by atoms with Crippen LogP contribution in [0.3, 0.4) is 0 Å². The number of hydrogen-bond donors (Lipinski definition) is 1. The monoisotopic (exact) mass is 409 g/mol. The number of carbonyl (C=O) groups excluding carboxylic acids is 3. The molecule has 2 heterocycles. The van der Waals surface area contributed by atoms with Crippen molar-refractivity contribution in [3.05, 3.63) is 22.7 Å². The van der Waals surface area contributed by atoms with Gasteiger partial charge in [-0.3, -0.25) is 14.5 Å². The van der Waals surface area contributed by atoms with E-state index in [9.17, 15) is 14.4 Å². The lowest BCUT2D eigenvalue weighted by Gasteiger charge is -2.28. The molecule has 0 radical (unpaired) electrons. The number of nitrogens with zero attached hydrogens (tertiary/aromatic N) is 2. The summed E-state index contributed by atoms with van der Waals surface area (Å²) in [6.45, 7) is 1.46. The third kappa shape index (κ3) is 4.43. The Kier molecular flexibility index (Phi) is 5.80. The molecule has 4 amide bonds. The molecule has 1 saturated heterocycles. The zero-order chi connectivity index (χ0) is 17.8. The standard InChI is InChI=1S/C17H20BrN3O4/c18-11-5-6-14-13(9-11)16(23)21(17(24)20-14)7-1-4-15(22)19-10-12-3-2-8-25-12/h5-6,9,12-13H,1-4,7-8,10H2,(H,19,22). The number of allylic oxidation sites excluding steroid dienone is 3. The summed E-state index contributed by atoms with van der Waals surface area (Å²) in [6, 6.07) is -0.563. The number of aliphatic imine (C=N–C) groups is 1. The molecule has 25 heavy (non-hydrogen) atoms. The molecule has 1 aliphatic carbocycles. The number of hydrogen-bond acceptors (Lipinski definition) is 4. The van der Waals surface area contributed by atoms with Crippen LogP contribution in [0.4, 0.5) is 4.79 Å². The Bertz CT molecular complexity index is 665. The highest BCUT2D eigenvalue weighted by Gasteiger charge is 2.36. The van der Waals surface area contributed by atoms with Crippen molar-refractivity contribution in [2.24, 2.45) is 10.9 Å². The molecule has 0 aromatic carbocycles. The normalized spacial score (nSPS) is 25.6. The molecule has 0 bridgehead atoms. The quantitative estimate of drug-likeness (QED) is 0.725. The van der Waals surface area contributed by atoms with Crippen LogP contribution in [0.1, 0.15) is 25.7 Å². The maximum absolute atomic E-state index is 12.5. The molecule has 0 aromatic rings. The van der Waals surface area contributed by atoms with Gasteiger partial charge < -0.3 is 10.1 Å². The van der Waals surface area contributed by atoms with Gasteiger partial charge in [0.05, 0.1) is 11.8 Å². The molecule has 0 spiro atoms. The molecule has 0 saturated carbocycles. The topological polar surface area (TPSA) is 88.1 Å². The molecule has 134 valence electrons. The summed E-state index contributed by atoms with van der Waals surface area (Å²) in [4.78, 5) is 41.5. The van der Waals surface area contributed by atoms with E-state index >= 15 is 0 Å². The van der Waals surface area contributed by atoms with Crippen molar-refractivity contribution in [3.8, 4) is 0 Å². The molecule has 3 aliphatic rings. The van der Waals surface area contributed by atoms with Crippen LogP contribution in [0.2, 0.25) is 0 Å². The van der Waals surface area contributed by atoms with Crippen molar-refractivity contribution in [2.75, 3.05) is 19.7 Å². The third-order valence-electron chi connectivity index (χ3n) is 4.38. The molecule has 8 heteroatoms. The number of ether oxygens (including phenoxy) is 1. The fourth-order valence-electron chi connectivity index (χ4n) is 3.03. The summed E-state index contributed by atoms with van der Waals surface area (Å²) in [5.41, 5.74) is 0.462. The van der Waals surface area contributed by atoms with Gasteiger partial charge in [0, 0.05) is 30.6 Å². The third-order valence-corrected chi connectivity index (χ3v) is 4.91. The average molecular weight is 410 g/mol. The van der Waals surface area contributed by atoms with E-state index in [1.807, 2.05) is 0 Å². The molecular weight excluding hydrogens is 390 g/mol. The highest BCUT2D eigenvalue weighted by atomic mass is 79.9. The molecule has 0 aromatic heterocycles. The van der Waals surface area contributed by atoms with E-state index in [1.165, 1.54) is 0 Å². The summed E-state index contributed by atoms with van der Waals surface area (Å²) in [5.74, 6) is -0.929. The first-order valence-electron chi connectivity index (χ1n) is 8.42. The molecule has 2 atom stereocenters. The SMILES string of the molecule is O=C(CCCN1C(=O)N=C2C=CC(Br)=CC2C1=O)NCC1CCCO1. The Balaban J connectivity index is 1.47. The number of carbonyl (C=O) groups is 3. The largest absolute Gasteiger partial charge is 0.376 e. The van der Waals surface area contributed by atoms with Crippen LogP contribution < -0.4 is 5.32 Å². The number of imide groups is 1. The Labute approximate surface area is 154 Å². The second kappa shape index (κ2) is 8.05. The van der Waals surface area contributed by atoms with Gasteiger partial charge in [-0.25, -0.2) is 4.79 Å². The van der Waals surface area contributed by atoms with Gasteiger partial charge in [0.2, 0.25) is 11.8 Å². The summed E-state index contributed by atoms with van der Waals surface area (Å²) < 4.78 is 6.23.